The number of methoxy groups -OCH3 is 2. The van der Waals surface area contributed by atoms with E-state index in [0.717, 1.165) is 37.0 Å². The Hall–Kier alpha value is -3.95. The first-order chi connectivity index (χ1) is 28.4. The highest BCUT2D eigenvalue weighted by Gasteiger charge is 2.66. The third-order valence-electron chi connectivity index (χ3n) is 14.1. The summed E-state index contributed by atoms with van der Waals surface area (Å²) in [4.78, 5) is 66.7. The Kier molecular flexibility index (Phi) is 12.6. The molecule has 5 fully saturated rings. The molecule has 1 aromatic heterocycles. The Bertz CT molecular complexity index is 2090. The van der Waals surface area contributed by atoms with Crippen LogP contribution in [-0.4, -0.2) is 91.4 Å². The van der Waals surface area contributed by atoms with Gasteiger partial charge in [-0.1, -0.05) is 47.0 Å². The number of likely N-dealkylation sites (tertiary alicyclic amines) is 1. The predicted molar refractivity (Wildman–Crippen MR) is 217 cm³/mol. The molecule has 330 valence electrons. The molecule has 0 radical (unpaired) electrons. The van der Waals surface area contributed by atoms with Crippen LogP contribution in [0.5, 0.6) is 11.6 Å². The summed E-state index contributed by atoms with van der Waals surface area (Å²) < 4.78 is 73.2. The zero-order valence-corrected chi connectivity index (χ0v) is 36.4. The number of nitrogens with zero attached hydrogens (tertiary/aromatic N) is 3. The van der Waals surface area contributed by atoms with E-state index in [4.69, 9.17) is 24.2 Å². The van der Waals surface area contributed by atoms with Crippen molar-refractivity contribution in [2.24, 2.45) is 46.3 Å². The van der Waals surface area contributed by atoms with Crippen molar-refractivity contribution in [1.29, 1.82) is 0 Å². The maximum Gasteiger partial charge on any atom is 0.306 e. The van der Waals surface area contributed by atoms with Crippen molar-refractivity contribution in [3.05, 3.63) is 23.9 Å². The Labute approximate surface area is 351 Å². The van der Waals surface area contributed by atoms with Crippen LogP contribution in [0.4, 0.5) is 8.78 Å². The minimum atomic E-state index is -4.10. The molecule has 4 saturated carbocycles. The van der Waals surface area contributed by atoms with E-state index in [9.17, 15) is 36.4 Å². The van der Waals surface area contributed by atoms with Crippen LogP contribution < -0.4 is 14.2 Å². The topological polar surface area (TPSA) is 171 Å². The number of aromatic nitrogens is 2. The van der Waals surface area contributed by atoms with Gasteiger partial charge in [0.15, 0.2) is 5.78 Å². The lowest BCUT2D eigenvalue weighted by Gasteiger charge is -2.35. The number of halogens is 2. The number of benzene rings is 1. The number of hydrogen-bond acceptors (Lipinski definition) is 11. The number of aryl methyl sites for hydroxylation is 1. The Morgan fingerprint density at radius 1 is 1.02 bits per heavy atom. The number of alkyl halides is 2. The smallest absolute Gasteiger partial charge is 0.306 e. The second kappa shape index (κ2) is 17.1. The van der Waals surface area contributed by atoms with Gasteiger partial charge in [0.1, 0.15) is 17.5 Å². The molecular weight excluding hydrogens is 799 g/mol. The number of ketones is 1. The van der Waals surface area contributed by atoms with Gasteiger partial charge in [0, 0.05) is 24.3 Å². The van der Waals surface area contributed by atoms with Crippen molar-refractivity contribution in [1.82, 2.24) is 19.6 Å². The van der Waals surface area contributed by atoms with Crippen LogP contribution >= 0.6 is 0 Å². The van der Waals surface area contributed by atoms with E-state index in [2.05, 4.69) is 0 Å². The SMILES string of the molecule is COC(=O)C[C@H](C(=O)N1C[C@H](Oc2nc3cc(OC)ccc3nc2CCCCC[C@H]2CC[C@@H]3C[C@H]23)[C@@H](C)[C@H]1C(=O)C[C@]1(C(=O)NS(=O)(=O)C2CC2)C[C@H]1C(F)F)C(C)(C)C. The fraction of sp³-hybridized carbons (Fsp3) is 0.727. The summed E-state index contributed by atoms with van der Waals surface area (Å²) in [6, 6.07) is 4.12. The number of nitrogens with one attached hydrogen (secondary N) is 1. The Balaban J connectivity index is 1.17. The zero-order valence-electron chi connectivity index (χ0n) is 35.6. The minimum Gasteiger partial charge on any atom is -0.497 e. The van der Waals surface area contributed by atoms with Crippen molar-refractivity contribution in [3.63, 3.8) is 0 Å². The van der Waals surface area contributed by atoms with Gasteiger partial charge in [0.05, 0.1) is 60.8 Å². The molecule has 0 spiro atoms. The average Bonchev–Trinajstić information content (AvgIpc) is 4.13. The van der Waals surface area contributed by atoms with Gasteiger partial charge in [-0.2, -0.15) is 0 Å². The average molecular weight is 859 g/mol. The number of hydrogen-bond donors (Lipinski definition) is 1. The van der Waals surface area contributed by atoms with Crippen LogP contribution in [0.3, 0.4) is 0 Å². The van der Waals surface area contributed by atoms with Gasteiger partial charge in [-0.25, -0.2) is 27.2 Å². The van der Waals surface area contributed by atoms with E-state index in [0.29, 0.717) is 41.7 Å². The summed E-state index contributed by atoms with van der Waals surface area (Å²) in [6.45, 7) is 6.99. The summed E-state index contributed by atoms with van der Waals surface area (Å²) in [7, 11) is -1.33. The van der Waals surface area contributed by atoms with Crippen molar-refractivity contribution in [2.45, 2.75) is 135 Å². The van der Waals surface area contributed by atoms with Crippen LogP contribution in [0.25, 0.3) is 11.0 Å². The molecule has 0 bridgehead atoms. The van der Waals surface area contributed by atoms with E-state index >= 15 is 0 Å². The number of carbonyl (C=O) groups is 4. The van der Waals surface area contributed by atoms with Gasteiger partial charge in [0.25, 0.3) is 0 Å². The second-order valence-electron chi connectivity index (χ2n) is 19.2. The normalized spacial score (nSPS) is 28.9. The van der Waals surface area contributed by atoms with Crippen LogP contribution in [0.15, 0.2) is 18.2 Å². The molecule has 2 amide bonds. The summed E-state index contributed by atoms with van der Waals surface area (Å²) in [5.74, 6) is -2.67. The third kappa shape index (κ3) is 9.28. The van der Waals surface area contributed by atoms with E-state index < -0.39 is 92.4 Å². The number of sulfonamides is 1. The lowest BCUT2D eigenvalue weighted by atomic mass is 9.77. The monoisotopic (exact) mass is 858 g/mol. The standard InChI is InChI=1S/C44H60F2N4O9S/c1-24-36(59-40-33(47-32-17-14-27(57-5)19-34(32)48-40)11-9-7-8-10-25-12-13-26-18-29(25)26)23-50(41(53)30(43(2,3)4)20-37(52)58-6)38(24)35(51)22-44(21-31(44)39(45)46)42(54)49-60(55,56)28-15-16-28/h14,17,19,24-26,28-31,36,38-39H,7-13,15-16,18,20-23H2,1-6H3,(H,49,54)/t24-,25+,26-,29-,30-,31+,36+,38+,44-/m1/s1. The summed E-state index contributed by atoms with van der Waals surface area (Å²) in [5, 5.41) is -0.783. The summed E-state index contributed by atoms with van der Waals surface area (Å²) in [5.41, 5.74) is -0.950. The summed E-state index contributed by atoms with van der Waals surface area (Å²) >= 11 is 0. The van der Waals surface area contributed by atoms with Crippen LogP contribution in [-0.2, 0) is 40.4 Å². The fourth-order valence-corrected chi connectivity index (χ4v) is 11.4. The molecule has 4 aliphatic carbocycles. The molecule has 60 heavy (non-hydrogen) atoms. The van der Waals surface area contributed by atoms with Gasteiger partial charge in [0.2, 0.25) is 34.1 Å². The maximum absolute atomic E-state index is 14.7. The number of carbonyl (C=O) groups excluding carboxylic acids is 4. The van der Waals surface area contributed by atoms with Crippen molar-refractivity contribution in [2.75, 3.05) is 20.8 Å². The molecule has 13 nitrogen and oxygen atoms in total. The number of rotatable bonds is 19. The molecule has 16 heteroatoms. The van der Waals surface area contributed by atoms with Crippen LogP contribution in [0.1, 0.15) is 110 Å². The lowest BCUT2D eigenvalue weighted by Crippen LogP contribution is -2.50. The molecule has 9 atom stereocenters. The molecule has 7 rings (SSSR count). The van der Waals surface area contributed by atoms with E-state index in [-0.39, 0.29) is 25.3 Å². The van der Waals surface area contributed by atoms with Gasteiger partial charge in [-0.15, -0.1) is 0 Å². The van der Waals surface area contributed by atoms with Crippen molar-refractivity contribution < 1.29 is 50.6 Å². The first kappa shape index (κ1) is 44.1. The van der Waals surface area contributed by atoms with Gasteiger partial charge in [-0.3, -0.25) is 23.9 Å². The number of unbranched alkanes of at least 4 members (excludes halogenated alkanes) is 2. The molecule has 5 aliphatic rings. The lowest BCUT2D eigenvalue weighted by molar-refractivity contribution is -0.152. The minimum absolute atomic E-state index is 0.113. The number of esters is 1. The predicted octanol–water partition coefficient (Wildman–Crippen LogP) is 6.45. The largest absolute Gasteiger partial charge is 0.497 e. The van der Waals surface area contributed by atoms with Crippen molar-refractivity contribution in [3.8, 4) is 11.6 Å². The molecule has 1 aliphatic heterocycles. The van der Waals surface area contributed by atoms with Crippen LogP contribution in [0.2, 0.25) is 0 Å². The molecule has 1 saturated heterocycles. The summed E-state index contributed by atoms with van der Waals surface area (Å²) in [6.07, 6.45) is 4.40. The molecule has 1 aromatic carbocycles. The molecule has 2 aromatic rings. The molecule has 2 heterocycles. The number of amides is 2. The first-order valence-corrected chi connectivity index (χ1v) is 23.2. The molecular formula is C44H60F2N4O9S. The van der Waals surface area contributed by atoms with E-state index in [1.165, 1.54) is 37.7 Å². The maximum atomic E-state index is 14.7. The fourth-order valence-electron chi connectivity index (χ4n) is 9.97. The molecule has 0 unspecified atom stereocenters. The van der Waals surface area contributed by atoms with E-state index in [1.54, 1.807) is 46.9 Å². The third-order valence-corrected chi connectivity index (χ3v) is 15.9. The molecule has 1 N–H and O–H groups in total. The number of ether oxygens (including phenoxy) is 3. The second-order valence-corrected chi connectivity index (χ2v) is 21.2. The number of Topliss-reactive ketones (excluding diaryl/α,β-unsaturated/α-hetero) is 1. The van der Waals surface area contributed by atoms with Crippen molar-refractivity contribution >= 4 is 44.6 Å². The highest BCUT2D eigenvalue weighted by Crippen LogP contribution is 2.59. The highest BCUT2D eigenvalue weighted by atomic mass is 32.2. The number of fused-ring (bicyclic) bond motifs is 2. The first-order valence-electron chi connectivity index (χ1n) is 21.6. The quantitative estimate of drug-likeness (QED) is 0.122. The van der Waals surface area contributed by atoms with Gasteiger partial charge in [-0.05, 0) is 86.7 Å². The highest BCUT2D eigenvalue weighted by molar-refractivity contribution is 7.90. The Morgan fingerprint density at radius 3 is 2.37 bits per heavy atom. The van der Waals surface area contributed by atoms with E-state index in [1.807, 2.05) is 10.8 Å². The Morgan fingerprint density at radius 2 is 1.77 bits per heavy atom. The van der Waals surface area contributed by atoms with Gasteiger partial charge < -0.3 is 19.1 Å². The zero-order chi connectivity index (χ0) is 43.3. The van der Waals surface area contributed by atoms with Crippen LogP contribution in [0, 0.1) is 46.3 Å². The van der Waals surface area contributed by atoms with Gasteiger partial charge >= 0.3 is 5.97 Å².